The summed E-state index contributed by atoms with van der Waals surface area (Å²) in [5.41, 5.74) is 4.51. The first-order valence-corrected chi connectivity index (χ1v) is 42.8. The highest BCUT2D eigenvalue weighted by atomic mass is 28.3. The first-order chi connectivity index (χ1) is 57.2. The first-order valence-electron chi connectivity index (χ1n) is 39.1. The van der Waals surface area contributed by atoms with Crippen LogP contribution in [0.1, 0.15) is 79.6 Å². The molecule has 0 amide bonds. The van der Waals surface area contributed by atoms with E-state index >= 15 is 14.4 Å². The zero-order chi connectivity index (χ0) is 81.1. The van der Waals surface area contributed by atoms with Gasteiger partial charge in [-0.2, -0.15) is 0 Å². The van der Waals surface area contributed by atoms with E-state index in [0.29, 0.717) is 17.4 Å². The summed E-state index contributed by atoms with van der Waals surface area (Å²) >= 11 is 0. The molecule has 0 aromatic heterocycles. The summed E-state index contributed by atoms with van der Waals surface area (Å²) in [5, 5.41) is 0. The smallest absolute Gasteiger partial charge is 0.338 e. The predicted octanol–water partition coefficient (Wildman–Crippen LogP) is 15.2. The molecular formula is C94H96O22Si. The van der Waals surface area contributed by atoms with Crippen molar-refractivity contribution in [1.82, 2.24) is 0 Å². The van der Waals surface area contributed by atoms with E-state index in [2.05, 4.69) is 19.6 Å². The third-order valence-corrected chi connectivity index (χ3v) is 21.6. The fourth-order valence-electron chi connectivity index (χ4n) is 13.7. The van der Waals surface area contributed by atoms with E-state index in [-0.39, 0.29) is 74.1 Å². The van der Waals surface area contributed by atoms with Crippen LogP contribution in [0.4, 0.5) is 0 Å². The monoisotopic (exact) mass is 1600 g/mol. The third-order valence-electron chi connectivity index (χ3n) is 19.8. The van der Waals surface area contributed by atoms with Gasteiger partial charge in [0.1, 0.15) is 61.2 Å². The second-order valence-electron chi connectivity index (χ2n) is 29.6. The maximum absolute atomic E-state index is 15.7. The fourth-order valence-corrected chi connectivity index (χ4v) is 14.4. The number of rotatable bonds is 37. The Labute approximate surface area is 681 Å². The van der Waals surface area contributed by atoms with Gasteiger partial charge in [-0.25, -0.2) is 24.0 Å². The summed E-state index contributed by atoms with van der Waals surface area (Å²) in [6.45, 7) is 5.59. The van der Waals surface area contributed by atoms with Gasteiger partial charge in [0, 0.05) is 14.7 Å². The highest BCUT2D eigenvalue weighted by Gasteiger charge is 2.60. The van der Waals surface area contributed by atoms with Crippen LogP contribution in [0.15, 0.2) is 297 Å². The second-order valence-corrected chi connectivity index (χ2v) is 35.2. The van der Waals surface area contributed by atoms with Gasteiger partial charge >= 0.3 is 29.8 Å². The number of carbonyl (C=O) groups excluding carboxylic acids is 5. The van der Waals surface area contributed by atoms with Crippen molar-refractivity contribution in [3.8, 4) is 5.75 Å². The molecule has 3 heterocycles. The molecule has 3 aliphatic heterocycles. The van der Waals surface area contributed by atoms with Crippen LogP contribution in [0.3, 0.4) is 0 Å². The lowest BCUT2D eigenvalue weighted by Crippen LogP contribution is -2.68. The molecule has 10 aromatic carbocycles. The summed E-state index contributed by atoms with van der Waals surface area (Å²) < 4.78 is 118. The van der Waals surface area contributed by atoms with Gasteiger partial charge in [-0.15, -0.1) is 0 Å². The van der Waals surface area contributed by atoms with Crippen molar-refractivity contribution in [3.63, 3.8) is 0 Å². The average molecular weight is 1610 g/mol. The molecule has 0 aliphatic carbocycles. The Morgan fingerprint density at radius 3 is 0.974 bits per heavy atom. The topological polar surface area (TPSA) is 242 Å². The van der Waals surface area contributed by atoms with Gasteiger partial charge in [-0.05, 0) is 107 Å². The van der Waals surface area contributed by atoms with Gasteiger partial charge < -0.3 is 80.5 Å². The number of ether oxygens (including phenoxy) is 17. The van der Waals surface area contributed by atoms with Gasteiger partial charge in [0.2, 0.25) is 0 Å². The lowest BCUT2D eigenvalue weighted by Gasteiger charge is -2.51. The minimum Gasteiger partial charge on any atom is -0.497 e. The van der Waals surface area contributed by atoms with Crippen LogP contribution in [0.2, 0.25) is 25.7 Å². The van der Waals surface area contributed by atoms with Gasteiger partial charge in [0.25, 0.3) is 0 Å². The highest BCUT2D eigenvalue weighted by Crippen LogP contribution is 2.41. The fraction of sp³-hybridized carbons (Fsp3) is 0.309. The van der Waals surface area contributed by atoms with Crippen LogP contribution in [-0.2, 0) is 109 Å². The van der Waals surface area contributed by atoms with E-state index in [9.17, 15) is 9.59 Å². The van der Waals surface area contributed by atoms with Gasteiger partial charge in [0.15, 0.2) is 43.3 Å². The zero-order valence-electron chi connectivity index (χ0n) is 65.5. The summed E-state index contributed by atoms with van der Waals surface area (Å²) in [4.78, 5) is 75.8. The number of carbonyl (C=O) groups is 5. The minimum atomic E-state index is -2.01. The van der Waals surface area contributed by atoms with Crippen molar-refractivity contribution in [2.45, 2.75) is 151 Å². The summed E-state index contributed by atoms with van der Waals surface area (Å²) in [7, 11) is -0.349. The molecule has 0 radical (unpaired) electrons. The number of benzene rings is 10. The van der Waals surface area contributed by atoms with Crippen molar-refractivity contribution in [1.29, 1.82) is 0 Å². The lowest BCUT2D eigenvalue weighted by molar-refractivity contribution is -0.383. The SMILES string of the molecule is COc1ccc(COC[C@H]2O[C@@H](O[C@H]3[C@H](OC(=O)c4ccccc4)[C@@H](OC(=O)c4ccccc4)[C@H](OCC[Si](C)(C)C)O[C@@H]3COC(=O)c3ccccc3)[C@H](OC(=O)c3ccccc3)[C@@H](OC(=O)c3ccccc3)[C@H]2O[C@H]2O[C@H](COCc3ccccc3)[C@H](OCc3ccccc3)[C@H](OCc3ccccc3)[C@H]2OCc2ccccc2)cc1. The molecule has 117 heavy (non-hydrogen) atoms. The van der Waals surface area contributed by atoms with Crippen LogP contribution in [0.5, 0.6) is 5.75 Å². The zero-order valence-corrected chi connectivity index (χ0v) is 66.5. The van der Waals surface area contributed by atoms with Crippen molar-refractivity contribution in [3.05, 3.63) is 353 Å². The molecule has 10 aromatic rings. The van der Waals surface area contributed by atoms with E-state index in [1.165, 1.54) is 24.3 Å². The van der Waals surface area contributed by atoms with E-state index in [1.807, 2.05) is 133 Å². The van der Waals surface area contributed by atoms with Crippen LogP contribution in [-0.4, -0.2) is 164 Å². The molecule has 608 valence electrons. The Balaban J connectivity index is 0.987. The molecule has 15 atom stereocenters. The first kappa shape index (κ1) is 84.1. The standard InChI is InChI=1S/C94H96O22Si/c1-100-74-52-50-68(51-53-74)57-102-62-76-79(115-93-84(106-60-67-38-20-8-21-39-67)81(105-59-66-36-18-7-19-37-66)78(104-58-65-34-16-6-17-35-65)75(109-93)61-101-56-64-32-14-5-15-33-64)83(112-89(97)71-44-26-11-27-45-71)86(114-91(99)73-48-30-13-31-49-73)94(110-76)116-80-77(63-107-87(95)69-40-22-9-23-41-69)108-92(103-54-55-117(2,3)4)85(113-90(98)72-46-28-12-29-47-72)82(80)111-88(96)70-42-24-10-25-43-70/h5-53,75-86,92-94H,54-63H2,1-4H3/t75-,76-,77-,78+,79+,80-,81+,82+,83+,84-,85-,86-,92-,93-,94+/m1/s1. The molecule has 0 unspecified atom stereocenters. The Bertz CT molecular complexity index is 4680. The van der Waals surface area contributed by atoms with Gasteiger partial charge in [0.05, 0.1) is 81.2 Å². The molecular weight excluding hydrogens is 1510 g/mol. The lowest BCUT2D eigenvalue weighted by atomic mass is 9.94. The molecule has 23 heteroatoms. The molecule has 22 nitrogen and oxygen atoms in total. The predicted molar refractivity (Wildman–Crippen MR) is 433 cm³/mol. The summed E-state index contributed by atoms with van der Waals surface area (Å²) in [6.07, 6.45) is -23.4. The number of esters is 5. The Kier molecular flexibility index (Phi) is 30.4. The number of methoxy groups -OCH3 is 1. The number of hydrogen-bond acceptors (Lipinski definition) is 22. The normalized spacial score (nSPS) is 23.1. The molecule has 0 saturated carbocycles. The van der Waals surface area contributed by atoms with E-state index in [1.54, 1.807) is 147 Å². The summed E-state index contributed by atoms with van der Waals surface area (Å²) in [6, 6.07) is 87.0. The van der Waals surface area contributed by atoms with Crippen LogP contribution in [0.25, 0.3) is 0 Å². The van der Waals surface area contributed by atoms with Crippen molar-refractivity contribution >= 4 is 37.9 Å². The van der Waals surface area contributed by atoms with Gasteiger partial charge in [-0.1, -0.05) is 244 Å². The number of hydrogen-bond donors (Lipinski definition) is 0. The van der Waals surface area contributed by atoms with E-state index in [0.717, 1.165) is 22.3 Å². The van der Waals surface area contributed by atoms with Gasteiger partial charge in [-0.3, -0.25) is 0 Å². The molecule has 3 saturated heterocycles. The van der Waals surface area contributed by atoms with Crippen LogP contribution >= 0.6 is 0 Å². The summed E-state index contributed by atoms with van der Waals surface area (Å²) in [5.74, 6) is -3.86. The average Bonchev–Trinajstić information content (AvgIpc) is 0.729. The van der Waals surface area contributed by atoms with E-state index in [4.69, 9.17) is 80.5 Å². The maximum atomic E-state index is 15.7. The molecule has 0 spiro atoms. The molecule has 3 fully saturated rings. The van der Waals surface area contributed by atoms with Crippen molar-refractivity contribution < 1.29 is 104 Å². The largest absolute Gasteiger partial charge is 0.497 e. The van der Waals surface area contributed by atoms with Crippen LogP contribution < -0.4 is 4.74 Å². The molecule has 0 bridgehead atoms. The highest BCUT2D eigenvalue weighted by molar-refractivity contribution is 6.76. The molecule has 0 N–H and O–H groups in total. The molecule has 13 rings (SSSR count). The maximum Gasteiger partial charge on any atom is 0.338 e. The van der Waals surface area contributed by atoms with E-state index < -0.39 is 143 Å². The second kappa shape index (κ2) is 42.3. The Hall–Kier alpha value is -10.9. The van der Waals surface area contributed by atoms with Crippen molar-refractivity contribution in [2.75, 3.05) is 33.5 Å². The Morgan fingerprint density at radius 1 is 0.291 bits per heavy atom. The van der Waals surface area contributed by atoms with Crippen molar-refractivity contribution in [2.24, 2.45) is 0 Å². The third kappa shape index (κ3) is 23.9. The quantitative estimate of drug-likeness (QED) is 0.0200. The minimum absolute atomic E-state index is 0.0249. The molecule has 3 aliphatic rings. The Morgan fingerprint density at radius 2 is 0.590 bits per heavy atom. The van der Waals surface area contributed by atoms with Crippen LogP contribution in [0, 0.1) is 0 Å².